The molecule has 1 fully saturated rings. The van der Waals surface area contributed by atoms with Crippen LogP contribution < -0.4 is 5.73 Å². The largest absolute Gasteiger partial charge is 0.341 e. The summed E-state index contributed by atoms with van der Waals surface area (Å²) < 4.78 is 0. The molecule has 1 aliphatic heterocycles. The topological polar surface area (TPSA) is 75.0 Å². The Bertz CT molecular complexity index is 577. The molecule has 94 valence electrons. The zero-order chi connectivity index (χ0) is 12.5. The molecule has 3 rings (SSSR count). The molecule has 1 amide bonds. The predicted octanol–water partition coefficient (Wildman–Crippen LogP) is 0.665. The van der Waals surface area contributed by atoms with Crippen LogP contribution in [0, 0.1) is 0 Å². The molecule has 0 radical (unpaired) electrons. The molecule has 18 heavy (non-hydrogen) atoms. The van der Waals surface area contributed by atoms with Gasteiger partial charge >= 0.3 is 0 Å². The van der Waals surface area contributed by atoms with Gasteiger partial charge in [0.25, 0.3) is 0 Å². The van der Waals surface area contributed by atoms with E-state index >= 15 is 0 Å². The van der Waals surface area contributed by atoms with E-state index in [0.29, 0.717) is 13.0 Å². The van der Waals surface area contributed by atoms with Crippen molar-refractivity contribution < 1.29 is 4.79 Å². The second-order valence-electron chi connectivity index (χ2n) is 4.85. The van der Waals surface area contributed by atoms with Gasteiger partial charge in [-0.25, -0.2) is 0 Å². The Hall–Kier alpha value is -1.88. The lowest BCUT2D eigenvalue weighted by atomic mass is 10.1. The van der Waals surface area contributed by atoms with Crippen LogP contribution in [0.3, 0.4) is 0 Å². The van der Waals surface area contributed by atoms with Crippen molar-refractivity contribution in [2.45, 2.75) is 18.9 Å². The third kappa shape index (κ3) is 2.09. The number of aromatic amines is 1. The summed E-state index contributed by atoms with van der Waals surface area (Å²) in [5, 5.41) is 8.03. The lowest BCUT2D eigenvalue weighted by Gasteiger charge is -2.15. The molecule has 5 heteroatoms. The summed E-state index contributed by atoms with van der Waals surface area (Å²) in [5.74, 6) is 0.173. The van der Waals surface area contributed by atoms with Gasteiger partial charge in [-0.3, -0.25) is 9.89 Å². The van der Waals surface area contributed by atoms with E-state index in [1.165, 1.54) is 5.56 Å². The van der Waals surface area contributed by atoms with Gasteiger partial charge in [-0.05, 0) is 24.1 Å². The monoisotopic (exact) mass is 244 g/mol. The first-order chi connectivity index (χ1) is 8.72. The van der Waals surface area contributed by atoms with Crippen molar-refractivity contribution in [2.75, 3.05) is 13.1 Å². The molecular weight excluding hydrogens is 228 g/mol. The molecule has 1 aromatic carbocycles. The number of H-pyrrole nitrogens is 1. The van der Waals surface area contributed by atoms with Crippen molar-refractivity contribution in [3.63, 3.8) is 0 Å². The van der Waals surface area contributed by atoms with E-state index in [4.69, 9.17) is 5.73 Å². The number of rotatable bonds is 3. The van der Waals surface area contributed by atoms with Gasteiger partial charge in [-0.15, -0.1) is 0 Å². The van der Waals surface area contributed by atoms with Crippen LogP contribution in [0.2, 0.25) is 0 Å². The Morgan fingerprint density at radius 3 is 3.17 bits per heavy atom. The van der Waals surface area contributed by atoms with E-state index in [9.17, 15) is 4.79 Å². The Balaban J connectivity index is 1.67. The fraction of sp³-hybridized carbons (Fsp3) is 0.385. The van der Waals surface area contributed by atoms with E-state index in [2.05, 4.69) is 22.3 Å². The first-order valence-electron chi connectivity index (χ1n) is 6.18. The molecule has 5 nitrogen and oxygen atoms in total. The van der Waals surface area contributed by atoms with E-state index in [-0.39, 0.29) is 11.9 Å². The molecule has 2 heterocycles. The van der Waals surface area contributed by atoms with Gasteiger partial charge in [-0.1, -0.05) is 6.07 Å². The highest BCUT2D eigenvalue weighted by molar-refractivity contribution is 5.79. The fourth-order valence-corrected chi connectivity index (χ4v) is 2.43. The number of nitrogens with two attached hydrogens (primary N) is 1. The molecule has 1 saturated heterocycles. The number of aromatic nitrogens is 2. The quantitative estimate of drug-likeness (QED) is 0.833. The number of hydrogen-bond donors (Lipinski definition) is 2. The summed E-state index contributed by atoms with van der Waals surface area (Å²) >= 11 is 0. The lowest BCUT2D eigenvalue weighted by molar-refractivity contribution is -0.127. The normalized spacial score (nSPS) is 19.9. The zero-order valence-corrected chi connectivity index (χ0v) is 10.1. The number of benzene rings is 1. The molecule has 0 saturated carbocycles. The minimum Gasteiger partial charge on any atom is -0.341 e. The first-order valence-corrected chi connectivity index (χ1v) is 6.18. The van der Waals surface area contributed by atoms with Crippen LogP contribution in [0.5, 0.6) is 0 Å². The van der Waals surface area contributed by atoms with Crippen molar-refractivity contribution in [3.8, 4) is 0 Å². The van der Waals surface area contributed by atoms with E-state index in [1.54, 1.807) is 0 Å². The molecule has 0 aliphatic carbocycles. The van der Waals surface area contributed by atoms with Crippen LogP contribution >= 0.6 is 0 Å². The van der Waals surface area contributed by atoms with Crippen LogP contribution in [0.15, 0.2) is 24.4 Å². The van der Waals surface area contributed by atoms with Crippen molar-refractivity contribution in [3.05, 3.63) is 30.0 Å². The first kappa shape index (κ1) is 11.2. The third-order valence-electron chi connectivity index (χ3n) is 3.42. The maximum atomic E-state index is 11.6. The summed E-state index contributed by atoms with van der Waals surface area (Å²) in [6.45, 7) is 1.43. The van der Waals surface area contributed by atoms with E-state index < -0.39 is 0 Å². The molecule has 1 aliphatic rings. The minimum absolute atomic E-state index is 0.00820. The molecule has 1 aromatic heterocycles. The number of carbonyl (C=O) groups is 1. The highest BCUT2D eigenvalue weighted by Gasteiger charge is 2.26. The SMILES string of the molecule is NC1CC(=O)N(CCc2ccc3[nH]ncc3c2)C1. The van der Waals surface area contributed by atoms with Gasteiger partial charge in [-0.2, -0.15) is 5.10 Å². The number of amides is 1. The fourth-order valence-electron chi connectivity index (χ4n) is 2.43. The maximum absolute atomic E-state index is 11.6. The number of hydrogen-bond acceptors (Lipinski definition) is 3. The van der Waals surface area contributed by atoms with Gasteiger partial charge in [0.05, 0.1) is 11.7 Å². The van der Waals surface area contributed by atoms with Crippen LogP contribution in [0.25, 0.3) is 10.9 Å². The maximum Gasteiger partial charge on any atom is 0.224 e. The molecule has 2 aromatic rings. The predicted molar refractivity (Wildman–Crippen MR) is 69.0 cm³/mol. The Labute approximate surface area is 105 Å². The summed E-state index contributed by atoms with van der Waals surface area (Å²) in [6, 6.07) is 6.21. The third-order valence-corrected chi connectivity index (χ3v) is 3.42. The van der Waals surface area contributed by atoms with Crippen molar-refractivity contribution in [1.82, 2.24) is 15.1 Å². The Morgan fingerprint density at radius 1 is 1.50 bits per heavy atom. The summed E-state index contributed by atoms with van der Waals surface area (Å²) in [5.41, 5.74) is 8.03. The average molecular weight is 244 g/mol. The zero-order valence-electron chi connectivity index (χ0n) is 10.1. The summed E-state index contributed by atoms with van der Waals surface area (Å²) in [4.78, 5) is 13.5. The van der Waals surface area contributed by atoms with Crippen LogP contribution in [-0.4, -0.2) is 40.1 Å². The summed E-state index contributed by atoms with van der Waals surface area (Å²) in [6.07, 6.45) is 3.16. The molecule has 1 unspecified atom stereocenters. The van der Waals surface area contributed by atoms with Crippen LogP contribution in [-0.2, 0) is 11.2 Å². The van der Waals surface area contributed by atoms with Gasteiger partial charge in [0.1, 0.15) is 0 Å². The standard InChI is InChI=1S/C13H16N4O/c14-11-6-13(18)17(8-11)4-3-9-1-2-12-10(5-9)7-15-16-12/h1-2,5,7,11H,3-4,6,8,14H2,(H,15,16). The highest BCUT2D eigenvalue weighted by Crippen LogP contribution is 2.15. The minimum atomic E-state index is 0.00820. The van der Waals surface area contributed by atoms with Crippen LogP contribution in [0.4, 0.5) is 0 Å². The van der Waals surface area contributed by atoms with Gasteiger partial charge in [0.2, 0.25) is 5.91 Å². The number of fused-ring (bicyclic) bond motifs is 1. The Morgan fingerprint density at radius 2 is 2.39 bits per heavy atom. The number of nitrogens with one attached hydrogen (secondary N) is 1. The highest BCUT2D eigenvalue weighted by atomic mass is 16.2. The molecule has 0 bridgehead atoms. The molecule has 3 N–H and O–H groups in total. The molecule has 1 atom stereocenters. The van der Waals surface area contributed by atoms with Crippen LogP contribution in [0.1, 0.15) is 12.0 Å². The van der Waals surface area contributed by atoms with E-state index in [1.807, 2.05) is 17.2 Å². The second kappa shape index (κ2) is 4.42. The second-order valence-corrected chi connectivity index (χ2v) is 4.85. The number of likely N-dealkylation sites (tertiary alicyclic amines) is 1. The smallest absolute Gasteiger partial charge is 0.224 e. The van der Waals surface area contributed by atoms with E-state index in [0.717, 1.165) is 23.9 Å². The lowest BCUT2D eigenvalue weighted by Crippen LogP contribution is -2.30. The van der Waals surface area contributed by atoms with Crippen molar-refractivity contribution in [1.29, 1.82) is 0 Å². The molecular formula is C13H16N4O. The van der Waals surface area contributed by atoms with Gasteiger partial charge in [0, 0.05) is 30.9 Å². The molecule has 0 spiro atoms. The van der Waals surface area contributed by atoms with Crippen molar-refractivity contribution in [2.24, 2.45) is 5.73 Å². The Kier molecular flexibility index (Phi) is 2.76. The number of carbonyl (C=O) groups excluding carboxylic acids is 1. The van der Waals surface area contributed by atoms with Gasteiger partial charge in [0.15, 0.2) is 0 Å². The average Bonchev–Trinajstić information content (AvgIpc) is 2.92. The summed E-state index contributed by atoms with van der Waals surface area (Å²) in [7, 11) is 0. The van der Waals surface area contributed by atoms with Crippen molar-refractivity contribution >= 4 is 16.8 Å². The van der Waals surface area contributed by atoms with Gasteiger partial charge < -0.3 is 10.6 Å². The number of nitrogens with zero attached hydrogens (tertiary/aromatic N) is 2.